The molecule has 0 aliphatic carbocycles. The number of hydrogen-bond donors (Lipinski definition) is 2. The van der Waals surface area contributed by atoms with E-state index in [1.54, 1.807) is 12.1 Å². The minimum atomic E-state index is -0.357. The zero-order chi connectivity index (χ0) is 18.5. The van der Waals surface area contributed by atoms with Crippen molar-refractivity contribution in [3.63, 3.8) is 0 Å². The number of nitrogens with one attached hydrogen (secondary N) is 2. The van der Waals surface area contributed by atoms with Crippen LogP contribution in [0.1, 0.15) is 40.5 Å². The highest BCUT2D eigenvalue weighted by atomic mass is 16.5. The Morgan fingerprint density at radius 3 is 2.69 bits per heavy atom. The largest absolute Gasteiger partial charge is 0.465 e. The Kier molecular flexibility index (Phi) is 5.73. The maximum atomic E-state index is 12.4. The monoisotopic (exact) mass is 356 g/mol. The molecule has 1 aliphatic rings. The third-order valence-corrected chi connectivity index (χ3v) is 5.08. The number of aryl methyl sites for hydroxylation is 1. The Labute approximate surface area is 153 Å². The van der Waals surface area contributed by atoms with Crippen molar-refractivity contribution in [2.45, 2.75) is 25.4 Å². The minimum absolute atomic E-state index is 0.0538. The number of methoxy groups -OCH3 is 1. The van der Waals surface area contributed by atoms with Crippen LogP contribution in [-0.2, 0) is 23.1 Å². The second-order valence-corrected chi connectivity index (χ2v) is 6.79. The predicted molar refractivity (Wildman–Crippen MR) is 97.7 cm³/mol. The molecule has 0 saturated carbocycles. The number of esters is 1. The molecule has 1 aromatic carbocycles. The summed E-state index contributed by atoms with van der Waals surface area (Å²) in [5.41, 5.74) is 2.76. The van der Waals surface area contributed by atoms with Crippen LogP contribution in [0.25, 0.3) is 0 Å². The molecule has 1 aromatic heterocycles. The molecule has 1 aliphatic heterocycles. The zero-order valence-corrected chi connectivity index (χ0v) is 15.3. The van der Waals surface area contributed by atoms with Crippen LogP contribution >= 0.6 is 0 Å². The Morgan fingerprint density at radius 2 is 2.04 bits per heavy atom. The van der Waals surface area contributed by atoms with Crippen LogP contribution < -0.4 is 10.2 Å². The van der Waals surface area contributed by atoms with Crippen LogP contribution in [0, 0.1) is 0 Å². The molecule has 0 spiro atoms. The number of amides is 1. The summed E-state index contributed by atoms with van der Waals surface area (Å²) in [6, 6.07) is 11.7. The van der Waals surface area contributed by atoms with E-state index in [1.165, 1.54) is 17.7 Å². The normalized spacial score (nSPS) is 19.3. The standard InChI is InChI=1S/C20H25N3O3/c1-22-11-3-5-17(22)18-6-4-12-23(18)14-19(24)21-13-15-7-9-16(10-8-15)20(25)26-2/h3,5,7-11,18H,4,6,12-14H2,1-2H3,(H,21,24)/p+1/t18-/m1/s1. The van der Waals surface area contributed by atoms with E-state index in [9.17, 15) is 9.59 Å². The van der Waals surface area contributed by atoms with Crippen LogP contribution in [-0.4, -0.2) is 36.6 Å². The number of aromatic nitrogens is 1. The lowest BCUT2D eigenvalue weighted by molar-refractivity contribution is -0.911. The lowest BCUT2D eigenvalue weighted by Crippen LogP contribution is -3.11. The van der Waals surface area contributed by atoms with Gasteiger partial charge in [0.25, 0.3) is 5.91 Å². The van der Waals surface area contributed by atoms with Gasteiger partial charge >= 0.3 is 5.97 Å². The van der Waals surface area contributed by atoms with Gasteiger partial charge in [0.15, 0.2) is 6.54 Å². The summed E-state index contributed by atoms with van der Waals surface area (Å²) >= 11 is 0. The van der Waals surface area contributed by atoms with Gasteiger partial charge in [0.05, 0.1) is 24.9 Å². The molecule has 26 heavy (non-hydrogen) atoms. The van der Waals surface area contributed by atoms with Gasteiger partial charge in [-0.15, -0.1) is 0 Å². The van der Waals surface area contributed by atoms with Crippen LogP contribution in [0.15, 0.2) is 42.6 Å². The van der Waals surface area contributed by atoms with Crippen LogP contribution in [0.5, 0.6) is 0 Å². The van der Waals surface area contributed by atoms with Gasteiger partial charge in [-0.05, 0) is 29.8 Å². The van der Waals surface area contributed by atoms with E-state index in [0.29, 0.717) is 24.7 Å². The lowest BCUT2D eigenvalue weighted by Gasteiger charge is -2.21. The van der Waals surface area contributed by atoms with Gasteiger partial charge in [0.1, 0.15) is 6.04 Å². The van der Waals surface area contributed by atoms with Crippen molar-refractivity contribution in [2.24, 2.45) is 7.05 Å². The van der Waals surface area contributed by atoms with E-state index in [0.717, 1.165) is 24.9 Å². The SMILES string of the molecule is COC(=O)c1ccc(CNC(=O)C[NH+]2CCC[C@@H]2c2cccn2C)cc1. The first-order valence-electron chi connectivity index (χ1n) is 8.98. The molecule has 2 heterocycles. The molecular weight excluding hydrogens is 330 g/mol. The fourth-order valence-corrected chi connectivity index (χ4v) is 3.66. The number of carbonyl (C=O) groups is 2. The molecule has 2 aromatic rings. The van der Waals surface area contributed by atoms with Gasteiger partial charge in [0.2, 0.25) is 0 Å². The van der Waals surface area contributed by atoms with Crippen molar-refractivity contribution in [1.29, 1.82) is 0 Å². The summed E-state index contributed by atoms with van der Waals surface area (Å²) in [5.74, 6) is -0.303. The number of nitrogens with zero attached hydrogens (tertiary/aromatic N) is 1. The van der Waals surface area contributed by atoms with Gasteiger partial charge in [0, 0.05) is 32.6 Å². The average molecular weight is 356 g/mol. The highest BCUT2D eigenvalue weighted by molar-refractivity contribution is 5.89. The zero-order valence-electron chi connectivity index (χ0n) is 15.3. The Balaban J connectivity index is 1.52. The molecule has 1 fully saturated rings. The molecule has 0 bridgehead atoms. The molecule has 1 saturated heterocycles. The van der Waals surface area contributed by atoms with Gasteiger partial charge in [-0.3, -0.25) is 4.79 Å². The van der Waals surface area contributed by atoms with E-state index in [-0.39, 0.29) is 11.9 Å². The first kappa shape index (κ1) is 18.2. The second-order valence-electron chi connectivity index (χ2n) is 6.79. The third kappa shape index (κ3) is 4.14. The van der Waals surface area contributed by atoms with Crippen LogP contribution in [0.4, 0.5) is 0 Å². The predicted octanol–water partition coefficient (Wildman–Crippen LogP) is 0.848. The maximum Gasteiger partial charge on any atom is 0.337 e. The smallest absolute Gasteiger partial charge is 0.337 e. The van der Waals surface area contributed by atoms with Crippen molar-refractivity contribution in [1.82, 2.24) is 9.88 Å². The van der Waals surface area contributed by atoms with Crippen molar-refractivity contribution < 1.29 is 19.2 Å². The van der Waals surface area contributed by atoms with E-state index < -0.39 is 0 Å². The molecule has 2 N–H and O–H groups in total. The summed E-state index contributed by atoms with van der Waals surface area (Å²) in [7, 11) is 3.42. The second kappa shape index (κ2) is 8.19. The quantitative estimate of drug-likeness (QED) is 0.754. The van der Waals surface area contributed by atoms with Gasteiger partial charge in [-0.25, -0.2) is 4.79 Å². The van der Waals surface area contributed by atoms with E-state index >= 15 is 0 Å². The van der Waals surface area contributed by atoms with Gasteiger partial charge in [-0.2, -0.15) is 0 Å². The molecular formula is C20H26N3O3+. The number of hydrogen-bond acceptors (Lipinski definition) is 3. The van der Waals surface area contributed by atoms with E-state index in [4.69, 9.17) is 0 Å². The number of likely N-dealkylation sites (tertiary alicyclic amines) is 1. The summed E-state index contributed by atoms with van der Waals surface area (Å²) in [4.78, 5) is 25.1. The van der Waals surface area contributed by atoms with Crippen LogP contribution in [0.3, 0.4) is 0 Å². The number of rotatable bonds is 6. The lowest BCUT2D eigenvalue weighted by atomic mass is 10.1. The van der Waals surface area contributed by atoms with Crippen molar-refractivity contribution in [2.75, 3.05) is 20.2 Å². The Bertz CT molecular complexity index is 767. The maximum absolute atomic E-state index is 12.4. The van der Waals surface area contributed by atoms with Crippen molar-refractivity contribution >= 4 is 11.9 Å². The highest BCUT2D eigenvalue weighted by Gasteiger charge is 2.32. The summed E-state index contributed by atoms with van der Waals surface area (Å²) in [6.07, 6.45) is 4.33. The average Bonchev–Trinajstić information content (AvgIpc) is 3.28. The molecule has 138 valence electrons. The third-order valence-electron chi connectivity index (χ3n) is 5.08. The van der Waals surface area contributed by atoms with E-state index in [1.807, 2.05) is 12.1 Å². The summed E-state index contributed by atoms with van der Waals surface area (Å²) < 4.78 is 6.83. The van der Waals surface area contributed by atoms with Gasteiger partial charge < -0.3 is 19.5 Å². The Morgan fingerprint density at radius 1 is 1.27 bits per heavy atom. The number of ether oxygens (including phenoxy) is 1. The van der Waals surface area contributed by atoms with Gasteiger partial charge in [-0.1, -0.05) is 12.1 Å². The van der Waals surface area contributed by atoms with Crippen LogP contribution in [0.2, 0.25) is 0 Å². The summed E-state index contributed by atoms with van der Waals surface area (Å²) in [5, 5.41) is 2.99. The molecule has 6 nitrogen and oxygen atoms in total. The molecule has 3 rings (SSSR count). The fourth-order valence-electron chi connectivity index (χ4n) is 3.66. The topological polar surface area (TPSA) is 64.8 Å². The molecule has 6 heteroatoms. The fraction of sp³-hybridized carbons (Fsp3) is 0.400. The molecule has 1 amide bonds. The molecule has 1 unspecified atom stereocenters. The molecule has 2 atom stereocenters. The number of benzene rings is 1. The Hall–Kier alpha value is -2.60. The first-order chi connectivity index (χ1) is 12.6. The highest BCUT2D eigenvalue weighted by Crippen LogP contribution is 2.18. The van der Waals surface area contributed by atoms with Crippen molar-refractivity contribution in [3.8, 4) is 0 Å². The molecule has 0 radical (unpaired) electrons. The number of quaternary nitrogens is 1. The number of carbonyl (C=O) groups excluding carboxylic acids is 2. The van der Waals surface area contributed by atoms with Crippen molar-refractivity contribution in [3.05, 3.63) is 59.4 Å². The minimum Gasteiger partial charge on any atom is -0.465 e. The van der Waals surface area contributed by atoms with E-state index in [2.05, 4.69) is 40.0 Å². The first-order valence-corrected chi connectivity index (χ1v) is 8.98. The summed E-state index contributed by atoms with van der Waals surface area (Å²) in [6.45, 7) is 1.97.